The summed E-state index contributed by atoms with van der Waals surface area (Å²) in [6.07, 6.45) is 0. The minimum atomic E-state index is -0.854. The summed E-state index contributed by atoms with van der Waals surface area (Å²) in [5, 5.41) is 13.2. The molecule has 0 aromatic heterocycles. The van der Waals surface area contributed by atoms with Gasteiger partial charge in [-0.15, -0.1) is 0 Å². The van der Waals surface area contributed by atoms with Gasteiger partial charge in [0.15, 0.2) is 0 Å². The smallest absolute Gasteiger partial charge is 0.338 e. The first-order valence-corrected chi connectivity index (χ1v) is 12.0. The van der Waals surface area contributed by atoms with Crippen LogP contribution in [-0.2, 0) is 14.3 Å². The van der Waals surface area contributed by atoms with Crippen molar-refractivity contribution >= 4 is 39.9 Å². The van der Waals surface area contributed by atoms with E-state index in [0.29, 0.717) is 22.4 Å². The van der Waals surface area contributed by atoms with Crippen LogP contribution in [0.3, 0.4) is 0 Å². The van der Waals surface area contributed by atoms with Crippen molar-refractivity contribution in [3.8, 4) is 0 Å². The number of esters is 1. The molecular formula is C31H25NO5. The summed E-state index contributed by atoms with van der Waals surface area (Å²) in [6, 6.07) is 26.0. The van der Waals surface area contributed by atoms with E-state index in [2.05, 4.69) is 0 Å². The van der Waals surface area contributed by atoms with Crippen LogP contribution in [0.15, 0.2) is 96.6 Å². The first-order chi connectivity index (χ1) is 17.9. The summed E-state index contributed by atoms with van der Waals surface area (Å²) in [5.74, 6) is -2.22. The van der Waals surface area contributed by atoms with Gasteiger partial charge in [0, 0.05) is 11.3 Å². The van der Waals surface area contributed by atoms with Gasteiger partial charge >= 0.3 is 5.97 Å². The highest BCUT2D eigenvalue weighted by Crippen LogP contribution is 2.43. The number of carbonyl (C=O) groups is 3. The quantitative estimate of drug-likeness (QED) is 0.161. The molecule has 184 valence electrons. The van der Waals surface area contributed by atoms with E-state index in [1.165, 1.54) is 4.90 Å². The zero-order valence-electron chi connectivity index (χ0n) is 20.5. The Morgan fingerprint density at radius 2 is 1.62 bits per heavy atom. The van der Waals surface area contributed by atoms with Gasteiger partial charge in [0.1, 0.15) is 5.76 Å². The van der Waals surface area contributed by atoms with Crippen molar-refractivity contribution in [2.75, 3.05) is 11.5 Å². The lowest BCUT2D eigenvalue weighted by atomic mass is 9.92. The standard InChI is InChI=1S/C31H25NO5/c1-3-37-31(36)21-14-16-23(17-15-21)32-27(22-11-6-8-19(2)18-22)26(29(34)30(32)35)28(33)25-13-7-10-20-9-4-5-12-24(20)25/h4-18,27,33H,3H2,1-2H3/b28-26-. The Balaban J connectivity index is 1.70. The lowest BCUT2D eigenvalue weighted by Gasteiger charge is -2.26. The molecule has 1 fully saturated rings. The molecule has 1 atom stereocenters. The van der Waals surface area contributed by atoms with Crippen molar-refractivity contribution in [3.05, 3.63) is 119 Å². The van der Waals surface area contributed by atoms with E-state index in [4.69, 9.17) is 4.74 Å². The second-order valence-corrected chi connectivity index (χ2v) is 8.88. The highest BCUT2D eigenvalue weighted by molar-refractivity contribution is 6.51. The fourth-order valence-electron chi connectivity index (χ4n) is 4.80. The van der Waals surface area contributed by atoms with Crippen LogP contribution in [0.2, 0.25) is 0 Å². The van der Waals surface area contributed by atoms with Gasteiger partial charge in [0.25, 0.3) is 11.7 Å². The first-order valence-electron chi connectivity index (χ1n) is 12.0. The largest absolute Gasteiger partial charge is 0.507 e. The molecule has 1 amide bonds. The number of carbonyl (C=O) groups excluding carboxylic acids is 3. The van der Waals surface area contributed by atoms with E-state index in [1.54, 1.807) is 37.3 Å². The second kappa shape index (κ2) is 9.74. The molecule has 4 aromatic rings. The number of ether oxygens (including phenoxy) is 1. The van der Waals surface area contributed by atoms with Gasteiger partial charge in [-0.1, -0.05) is 72.3 Å². The molecular weight excluding hydrogens is 466 g/mol. The molecule has 6 nitrogen and oxygen atoms in total. The monoisotopic (exact) mass is 491 g/mol. The molecule has 4 aromatic carbocycles. The molecule has 0 saturated carbocycles. The first kappa shape index (κ1) is 24.0. The van der Waals surface area contributed by atoms with Crippen LogP contribution in [0.1, 0.15) is 40.0 Å². The Labute approximate surface area is 214 Å². The molecule has 6 heteroatoms. The van der Waals surface area contributed by atoms with Crippen LogP contribution in [0.25, 0.3) is 16.5 Å². The molecule has 0 bridgehead atoms. The molecule has 1 aliphatic heterocycles. The number of hydrogen-bond donors (Lipinski definition) is 1. The molecule has 1 saturated heterocycles. The van der Waals surface area contributed by atoms with Gasteiger partial charge in [-0.2, -0.15) is 0 Å². The Bertz CT molecular complexity index is 1560. The van der Waals surface area contributed by atoms with Gasteiger partial charge in [-0.25, -0.2) is 4.79 Å². The predicted molar refractivity (Wildman–Crippen MR) is 142 cm³/mol. The maximum Gasteiger partial charge on any atom is 0.338 e. The summed E-state index contributed by atoms with van der Waals surface area (Å²) in [4.78, 5) is 40.4. The van der Waals surface area contributed by atoms with Crippen LogP contribution in [0, 0.1) is 6.92 Å². The Morgan fingerprint density at radius 3 is 2.35 bits per heavy atom. The summed E-state index contributed by atoms with van der Waals surface area (Å²) in [7, 11) is 0. The Kier molecular flexibility index (Phi) is 6.32. The van der Waals surface area contributed by atoms with Crippen molar-refractivity contribution in [2.45, 2.75) is 19.9 Å². The molecule has 1 aliphatic rings. The lowest BCUT2D eigenvalue weighted by Crippen LogP contribution is -2.29. The highest BCUT2D eigenvalue weighted by atomic mass is 16.5. The molecule has 1 heterocycles. The summed E-state index contributed by atoms with van der Waals surface area (Å²) < 4.78 is 5.05. The molecule has 0 aliphatic carbocycles. The van der Waals surface area contributed by atoms with Crippen molar-refractivity contribution in [1.29, 1.82) is 0 Å². The third-order valence-corrected chi connectivity index (χ3v) is 6.50. The van der Waals surface area contributed by atoms with Crippen LogP contribution in [0.4, 0.5) is 5.69 Å². The van der Waals surface area contributed by atoms with Crippen LogP contribution < -0.4 is 4.90 Å². The number of rotatable bonds is 5. The molecule has 1 unspecified atom stereocenters. The molecule has 0 radical (unpaired) electrons. The number of anilines is 1. The maximum atomic E-state index is 13.5. The fourth-order valence-corrected chi connectivity index (χ4v) is 4.80. The number of hydrogen-bond acceptors (Lipinski definition) is 5. The van der Waals surface area contributed by atoms with Crippen molar-refractivity contribution in [2.24, 2.45) is 0 Å². The third kappa shape index (κ3) is 4.27. The third-order valence-electron chi connectivity index (χ3n) is 6.50. The highest BCUT2D eigenvalue weighted by Gasteiger charge is 2.47. The average Bonchev–Trinajstić information content (AvgIpc) is 3.18. The summed E-state index contributed by atoms with van der Waals surface area (Å²) >= 11 is 0. The Hall–Kier alpha value is -4.71. The number of aliphatic hydroxyl groups excluding tert-OH is 1. The van der Waals surface area contributed by atoms with Gasteiger partial charge in [-0.3, -0.25) is 14.5 Å². The van der Waals surface area contributed by atoms with E-state index in [9.17, 15) is 19.5 Å². The van der Waals surface area contributed by atoms with Gasteiger partial charge in [0.2, 0.25) is 0 Å². The number of benzene rings is 4. The second-order valence-electron chi connectivity index (χ2n) is 8.88. The Morgan fingerprint density at radius 1 is 0.919 bits per heavy atom. The summed E-state index contributed by atoms with van der Waals surface area (Å²) in [5.41, 5.74) is 2.90. The zero-order valence-corrected chi connectivity index (χ0v) is 20.5. The van der Waals surface area contributed by atoms with E-state index in [1.807, 2.05) is 67.6 Å². The normalized spacial score (nSPS) is 16.8. The predicted octanol–water partition coefficient (Wildman–Crippen LogP) is 5.95. The molecule has 0 spiro atoms. The zero-order chi connectivity index (χ0) is 26.1. The van der Waals surface area contributed by atoms with Crippen molar-refractivity contribution in [1.82, 2.24) is 0 Å². The van der Waals surface area contributed by atoms with Gasteiger partial charge in [0.05, 0.1) is 23.8 Å². The van der Waals surface area contributed by atoms with E-state index < -0.39 is 23.7 Å². The number of amides is 1. The number of Topliss-reactive ketones (excluding diaryl/α,β-unsaturated/α-hetero) is 1. The molecule has 37 heavy (non-hydrogen) atoms. The average molecular weight is 492 g/mol. The summed E-state index contributed by atoms with van der Waals surface area (Å²) in [6.45, 7) is 3.90. The van der Waals surface area contributed by atoms with E-state index in [0.717, 1.165) is 16.3 Å². The number of nitrogens with zero attached hydrogens (tertiary/aromatic N) is 1. The van der Waals surface area contributed by atoms with E-state index >= 15 is 0 Å². The SMILES string of the molecule is CCOC(=O)c1ccc(N2C(=O)C(=O)/C(=C(\O)c3cccc4ccccc34)C2c2cccc(C)c2)cc1. The van der Waals surface area contributed by atoms with E-state index in [-0.39, 0.29) is 17.9 Å². The number of aliphatic hydroxyl groups is 1. The van der Waals surface area contributed by atoms with Crippen LogP contribution in [-0.4, -0.2) is 29.4 Å². The number of aryl methyl sites for hydroxylation is 1. The van der Waals surface area contributed by atoms with Crippen molar-refractivity contribution < 1.29 is 24.2 Å². The lowest BCUT2D eigenvalue weighted by molar-refractivity contribution is -0.132. The molecule has 1 N–H and O–H groups in total. The van der Waals surface area contributed by atoms with Gasteiger partial charge in [-0.05, 0) is 54.4 Å². The number of fused-ring (bicyclic) bond motifs is 1. The topological polar surface area (TPSA) is 83.9 Å². The molecule has 5 rings (SSSR count). The van der Waals surface area contributed by atoms with Crippen LogP contribution >= 0.6 is 0 Å². The minimum Gasteiger partial charge on any atom is -0.507 e. The maximum absolute atomic E-state index is 13.5. The minimum absolute atomic E-state index is 0.0152. The number of ketones is 1. The van der Waals surface area contributed by atoms with Crippen molar-refractivity contribution in [3.63, 3.8) is 0 Å². The fraction of sp³-hybridized carbons (Fsp3) is 0.129. The van der Waals surface area contributed by atoms with Gasteiger partial charge < -0.3 is 9.84 Å². The van der Waals surface area contributed by atoms with Crippen LogP contribution in [0.5, 0.6) is 0 Å².